The average Bonchev–Trinajstić information content (AvgIpc) is 3.33. The first kappa shape index (κ1) is 19.2. The van der Waals surface area contributed by atoms with E-state index < -0.39 is 5.82 Å². The second-order valence-electron chi connectivity index (χ2n) is 7.04. The molecule has 0 radical (unpaired) electrons. The lowest BCUT2D eigenvalue weighted by Gasteiger charge is -2.24. The molecule has 0 unspecified atom stereocenters. The summed E-state index contributed by atoms with van der Waals surface area (Å²) in [5, 5.41) is 7.62. The maximum absolute atomic E-state index is 13.9. The zero-order valence-electron chi connectivity index (χ0n) is 16.5. The van der Waals surface area contributed by atoms with Gasteiger partial charge in [0.2, 0.25) is 0 Å². The first-order chi connectivity index (χ1) is 13.8. The van der Waals surface area contributed by atoms with Gasteiger partial charge in [-0.2, -0.15) is 5.10 Å². The van der Waals surface area contributed by atoms with E-state index in [2.05, 4.69) is 15.1 Å². The molecule has 0 fully saturated rings. The van der Waals surface area contributed by atoms with Crippen molar-refractivity contribution in [2.24, 2.45) is 7.05 Å². The summed E-state index contributed by atoms with van der Waals surface area (Å²) in [7, 11) is 3.56. The maximum Gasteiger partial charge on any atom is 0.254 e. The number of carbonyl (C=O) groups is 1. The normalized spacial score (nSPS) is 12.3. The fraction of sp³-hybridized carbons (Fsp3) is 0.238. The number of aryl methyl sites for hydroxylation is 2. The Bertz CT molecular complexity index is 1210. The van der Waals surface area contributed by atoms with Crippen molar-refractivity contribution in [2.45, 2.75) is 19.9 Å². The number of hydrogen-bond acceptors (Lipinski definition) is 5. The molecule has 0 bridgehead atoms. The highest BCUT2D eigenvalue weighted by atomic mass is 32.1. The summed E-state index contributed by atoms with van der Waals surface area (Å²) < 4.78 is 15.5. The Morgan fingerprint density at radius 1 is 1.28 bits per heavy atom. The Labute approximate surface area is 171 Å². The van der Waals surface area contributed by atoms with Crippen LogP contribution in [0.25, 0.3) is 22.2 Å². The molecule has 29 heavy (non-hydrogen) atoms. The van der Waals surface area contributed by atoms with E-state index in [-0.39, 0.29) is 11.9 Å². The van der Waals surface area contributed by atoms with Gasteiger partial charge in [-0.05, 0) is 32.0 Å². The standard InChI is InChI=1S/C21H20FN5OS/c1-12-11-29-20(24-12)13(2)27(4)21(28)17-8-18(14-9-23-26(3)10-14)25-19-7-15(22)5-6-16(17)19/h5-11,13H,1-4H3/t13-/m1/s1. The molecule has 1 atom stereocenters. The van der Waals surface area contributed by atoms with Crippen molar-refractivity contribution < 1.29 is 9.18 Å². The fourth-order valence-electron chi connectivity index (χ4n) is 3.18. The van der Waals surface area contributed by atoms with Gasteiger partial charge in [-0.25, -0.2) is 14.4 Å². The molecule has 8 heteroatoms. The minimum atomic E-state index is -0.397. The quantitative estimate of drug-likeness (QED) is 0.502. The molecule has 148 valence electrons. The van der Waals surface area contributed by atoms with Crippen LogP contribution >= 0.6 is 11.3 Å². The smallest absolute Gasteiger partial charge is 0.254 e. The second-order valence-corrected chi connectivity index (χ2v) is 7.93. The second kappa shape index (κ2) is 7.36. The first-order valence-corrected chi connectivity index (χ1v) is 10.00. The SMILES string of the molecule is Cc1csc([C@@H](C)N(C)C(=O)c2cc(-c3cnn(C)c3)nc3cc(F)ccc23)n1. The van der Waals surface area contributed by atoms with Crippen LogP contribution in [0.1, 0.15) is 34.0 Å². The van der Waals surface area contributed by atoms with Crippen molar-refractivity contribution in [3.05, 3.63) is 64.1 Å². The maximum atomic E-state index is 13.9. The van der Waals surface area contributed by atoms with Gasteiger partial charge in [-0.15, -0.1) is 11.3 Å². The summed E-state index contributed by atoms with van der Waals surface area (Å²) in [6, 6.07) is 5.85. The number of halogens is 1. The van der Waals surface area contributed by atoms with Crippen molar-refractivity contribution in [3.63, 3.8) is 0 Å². The number of benzene rings is 1. The predicted molar refractivity (Wildman–Crippen MR) is 111 cm³/mol. The van der Waals surface area contributed by atoms with Gasteiger partial charge >= 0.3 is 0 Å². The molecular formula is C21H20FN5OS. The molecule has 0 saturated carbocycles. The number of thiazole rings is 1. The van der Waals surface area contributed by atoms with E-state index >= 15 is 0 Å². The summed E-state index contributed by atoms with van der Waals surface area (Å²) >= 11 is 1.53. The number of aromatic nitrogens is 4. The van der Waals surface area contributed by atoms with Crippen molar-refractivity contribution in [1.82, 2.24) is 24.6 Å². The highest BCUT2D eigenvalue weighted by Gasteiger charge is 2.24. The Kier molecular flexibility index (Phi) is 4.87. The van der Waals surface area contributed by atoms with Crippen LogP contribution in [-0.4, -0.2) is 37.6 Å². The molecule has 0 N–H and O–H groups in total. The minimum Gasteiger partial charge on any atom is -0.332 e. The van der Waals surface area contributed by atoms with E-state index in [0.29, 0.717) is 22.2 Å². The molecule has 4 aromatic rings. The third-order valence-electron chi connectivity index (χ3n) is 4.90. The van der Waals surface area contributed by atoms with E-state index in [9.17, 15) is 9.18 Å². The highest BCUT2D eigenvalue weighted by molar-refractivity contribution is 7.09. The number of pyridine rings is 1. The van der Waals surface area contributed by atoms with E-state index in [4.69, 9.17) is 0 Å². The highest BCUT2D eigenvalue weighted by Crippen LogP contribution is 2.29. The predicted octanol–water partition coefficient (Wildman–Crippen LogP) is 4.37. The van der Waals surface area contributed by atoms with Crippen LogP contribution in [-0.2, 0) is 7.05 Å². The van der Waals surface area contributed by atoms with Gasteiger partial charge in [0.15, 0.2) is 0 Å². The van der Waals surface area contributed by atoms with Crippen LogP contribution in [0.5, 0.6) is 0 Å². The van der Waals surface area contributed by atoms with E-state index in [0.717, 1.165) is 16.3 Å². The molecular weight excluding hydrogens is 389 g/mol. The van der Waals surface area contributed by atoms with Crippen LogP contribution < -0.4 is 0 Å². The number of carbonyl (C=O) groups excluding carboxylic acids is 1. The third kappa shape index (κ3) is 3.63. The van der Waals surface area contributed by atoms with Crippen molar-refractivity contribution >= 4 is 28.1 Å². The molecule has 3 heterocycles. The lowest BCUT2D eigenvalue weighted by atomic mass is 10.0. The summed E-state index contributed by atoms with van der Waals surface area (Å²) in [5.74, 6) is -0.568. The minimum absolute atomic E-state index is 0.172. The first-order valence-electron chi connectivity index (χ1n) is 9.12. The van der Waals surface area contributed by atoms with Gasteiger partial charge in [0, 0.05) is 48.4 Å². The van der Waals surface area contributed by atoms with Crippen LogP contribution in [0.2, 0.25) is 0 Å². The number of amides is 1. The Balaban J connectivity index is 1.81. The molecule has 0 spiro atoms. The average molecular weight is 409 g/mol. The van der Waals surface area contributed by atoms with E-state index in [1.54, 1.807) is 35.0 Å². The molecule has 1 amide bonds. The summed E-state index contributed by atoms with van der Waals surface area (Å²) in [4.78, 5) is 24.1. The summed E-state index contributed by atoms with van der Waals surface area (Å²) in [6.45, 7) is 3.88. The molecule has 1 aromatic carbocycles. The summed E-state index contributed by atoms with van der Waals surface area (Å²) in [6.07, 6.45) is 3.48. The Hall–Kier alpha value is -3.13. The van der Waals surface area contributed by atoms with Gasteiger partial charge in [0.1, 0.15) is 10.8 Å². The molecule has 3 aromatic heterocycles. The lowest BCUT2D eigenvalue weighted by Crippen LogP contribution is -2.30. The van der Waals surface area contributed by atoms with Crippen molar-refractivity contribution in [1.29, 1.82) is 0 Å². The van der Waals surface area contributed by atoms with Gasteiger partial charge in [0.05, 0.1) is 29.0 Å². The van der Waals surface area contributed by atoms with Crippen molar-refractivity contribution in [2.75, 3.05) is 7.05 Å². The van der Waals surface area contributed by atoms with Gasteiger partial charge in [-0.3, -0.25) is 9.48 Å². The van der Waals surface area contributed by atoms with Crippen LogP contribution in [0.3, 0.4) is 0 Å². The number of rotatable bonds is 4. The van der Waals surface area contributed by atoms with Crippen molar-refractivity contribution in [3.8, 4) is 11.3 Å². The van der Waals surface area contributed by atoms with E-state index in [1.807, 2.05) is 32.5 Å². The third-order valence-corrected chi connectivity index (χ3v) is 6.03. The Morgan fingerprint density at radius 2 is 2.07 bits per heavy atom. The Morgan fingerprint density at radius 3 is 2.72 bits per heavy atom. The molecule has 0 aliphatic heterocycles. The largest absolute Gasteiger partial charge is 0.332 e. The zero-order chi connectivity index (χ0) is 20.7. The molecule has 0 saturated heterocycles. The molecule has 0 aliphatic carbocycles. The number of nitrogens with zero attached hydrogens (tertiary/aromatic N) is 5. The fourth-order valence-corrected chi connectivity index (χ4v) is 4.07. The summed E-state index contributed by atoms with van der Waals surface area (Å²) in [5.41, 5.74) is 3.17. The van der Waals surface area contributed by atoms with Gasteiger partial charge in [0.25, 0.3) is 5.91 Å². The van der Waals surface area contributed by atoms with E-state index in [1.165, 1.54) is 23.5 Å². The molecule has 6 nitrogen and oxygen atoms in total. The zero-order valence-corrected chi connectivity index (χ0v) is 17.4. The van der Waals surface area contributed by atoms with Crippen LogP contribution in [0.4, 0.5) is 4.39 Å². The van der Waals surface area contributed by atoms with Crippen LogP contribution in [0.15, 0.2) is 42.0 Å². The van der Waals surface area contributed by atoms with Crippen LogP contribution in [0, 0.1) is 12.7 Å². The molecule has 0 aliphatic rings. The monoisotopic (exact) mass is 409 g/mol. The molecule has 4 rings (SSSR count). The van der Waals surface area contributed by atoms with Gasteiger partial charge in [-0.1, -0.05) is 0 Å². The number of fused-ring (bicyclic) bond motifs is 1. The van der Waals surface area contributed by atoms with Gasteiger partial charge < -0.3 is 4.90 Å². The topological polar surface area (TPSA) is 63.9 Å². The number of hydrogen-bond donors (Lipinski definition) is 0. The lowest BCUT2D eigenvalue weighted by molar-refractivity contribution is 0.0744.